The Hall–Kier alpha value is -3.83. The number of hydrogen-bond donors (Lipinski definition) is 4. The number of anilines is 1. The number of carbonyl (C=O) groups is 2. The molecule has 3 rings (SSSR count). The number of ether oxygens (including phenoxy) is 1. The lowest BCUT2D eigenvalue weighted by atomic mass is 9.86. The van der Waals surface area contributed by atoms with Gasteiger partial charge in [0, 0.05) is 24.0 Å². The SMILES string of the molecule is C[C@H](N)C(=O)Nc1cccc(Cn2cc(-c3cc(F)ccc3F)nc2[C@H](NCCCOC(N)=O)C(C)(C)C)c1. The molecule has 0 saturated carbocycles. The van der Waals surface area contributed by atoms with Crippen molar-refractivity contribution in [3.63, 3.8) is 0 Å². The average Bonchev–Trinajstić information content (AvgIpc) is 3.24. The van der Waals surface area contributed by atoms with Gasteiger partial charge >= 0.3 is 6.09 Å². The van der Waals surface area contributed by atoms with Crippen LogP contribution in [0.2, 0.25) is 0 Å². The molecule has 1 aromatic heterocycles. The molecule has 0 aliphatic heterocycles. The van der Waals surface area contributed by atoms with Crippen molar-refractivity contribution in [2.75, 3.05) is 18.5 Å². The number of imidazole rings is 1. The van der Waals surface area contributed by atoms with Gasteiger partial charge in [-0.15, -0.1) is 0 Å². The Kier molecular flexibility index (Phi) is 9.76. The average molecular weight is 543 g/mol. The quantitative estimate of drug-likeness (QED) is 0.266. The number of carbonyl (C=O) groups excluding carboxylic acids is 2. The molecule has 0 aliphatic rings. The van der Waals surface area contributed by atoms with Crippen LogP contribution in [0.1, 0.15) is 51.5 Å². The van der Waals surface area contributed by atoms with Gasteiger partial charge in [-0.1, -0.05) is 32.9 Å². The van der Waals surface area contributed by atoms with Crippen molar-refractivity contribution in [2.45, 2.75) is 52.7 Å². The second-order valence-corrected chi connectivity index (χ2v) is 10.5. The van der Waals surface area contributed by atoms with Gasteiger partial charge in [0.1, 0.15) is 17.5 Å². The van der Waals surface area contributed by atoms with Crippen molar-refractivity contribution in [2.24, 2.45) is 16.9 Å². The number of nitrogens with one attached hydrogen (secondary N) is 2. The second kappa shape index (κ2) is 12.8. The number of nitrogens with two attached hydrogens (primary N) is 2. The summed E-state index contributed by atoms with van der Waals surface area (Å²) in [5, 5.41) is 6.25. The van der Waals surface area contributed by atoms with Gasteiger partial charge in [0.25, 0.3) is 0 Å². The van der Waals surface area contributed by atoms with E-state index in [4.69, 9.17) is 21.2 Å². The van der Waals surface area contributed by atoms with Crippen LogP contribution in [0.25, 0.3) is 11.3 Å². The minimum absolute atomic E-state index is 0.0514. The number of aromatic nitrogens is 2. The third kappa shape index (κ3) is 8.33. The molecule has 210 valence electrons. The lowest BCUT2D eigenvalue weighted by Crippen LogP contribution is -2.35. The normalized spacial score (nSPS) is 13.1. The molecule has 0 bridgehead atoms. The molecular weight excluding hydrogens is 506 g/mol. The van der Waals surface area contributed by atoms with Crippen molar-refractivity contribution in [1.82, 2.24) is 14.9 Å². The summed E-state index contributed by atoms with van der Waals surface area (Å²) in [6.45, 7) is 8.71. The van der Waals surface area contributed by atoms with Crippen LogP contribution in [0.5, 0.6) is 0 Å². The van der Waals surface area contributed by atoms with E-state index in [0.29, 0.717) is 31.0 Å². The summed E-state index contributed by atoms with van der Waals surface area (Å²) in [7, 11) is 0. The second-order valence-electron chi connectivity index (χ2n) is 10.5. The maximum Gasteiger partial charge on any atom is 0.404 e. The monoisotopic (exact) mass is 542 g/mol. The molecule has 11 heteroatoms. The summed E-state index contributed by atoms with van der Waals surface area (Å²) in [6, 6.07) is 9.59. The molecule has 1 heterocycles. The Morgan fingerprint density at radius 3 is 2.56 bits per heavy atom. The van der Waals surface area contributed by atoms with Crippen molar-refractivity contribution in [3.05, 3.63) is 71.7 Å². The number of nitrogens with zero attached hydrogens (tertiary/aromatic N) is 2. The van der Waals surface area contributed by atoms with Gasteiger partial charge in [0.15, 0.2) is 0 Å². The Bertz CT molecular complexity index is 1300. The van der Waals surface area contributed by atoms with Crippen LogP contribution in [0, 0.1) is 17.0 Å². The van der Waals surface area contributed by atoms with Crippen molar-refractivity contribution >= 4 is 17.7 Å². The molecule has 2 amide bonds. The molecule has 0 unspecified atom stereocenters. The van der Waals surface area contributed by atoms with Crippen molar-refractivity contribution in [1.29, 1.82) is 0 Å². The molecule has 0 fully saturated rings. The van der Waals surface area contributed by atoms with Crippen LogP contribution in [0.3, 0.4) is 0 Å². The largest absolute Gasteiger partial charge is 0.450 e. The molecule has 9 nitrogen and oxygen atoms in total. The first-order valence-electron chi connectivity index (χ1n) is 12.7. The molecule has 0 saturated heterocycles. The van der Waals surface area contributed by atoms with E-state index < -0.39 is 23.8 Å². The fourth-order valence-corrected chi connectivity index (χ4v) is 4.09. The molecule has 6 N–H and O–H groups in total. The smallest absolute Gasteiger partial charge is 0.404 e. The van der Waals surface area contributed by atoms with E-state index in [1.54, 1.807) is 19.2 Å². The molecular formula is C28H36F2N6O3. The summed E-state index contributed by atoms with van der Waals surface area (Å²) >= 11 is 0. The maximum absolute atomic E-state index is 14.7. The van der Waals surface area contributed by atoms with Gasteiger partial charge in [-0.3, -0.25) is 4.79 Å². The Labute approximate surface area is 226 Å². The molecule has 2 aromatic carbocycles. The van der Waals surface area contributed by atoms with Gasteiger partial charge < -0.3 is 31.4 Å². The van der Waals surface area contributed by atoms with E-state index in [-0.39, 0.29) is 35.2 Å². The van der Waals surface area contributed by atoms with Crippen molar-refractivity contribution in [3.8, 4) is 11.3 Å². The predicted molar refractivity (Wildman–Crippen MR) is 146 cm³/mol. The molecule has 3 aromatic rings. The van der Waals surface area contributed by atoms with Gasteiger partial charge in [-0.25, -0.2) is 18.6 Å². The molecule has 0 aliphatic carbocycles. The van der Waals surface area contributed by atoms with Gasteiger partial charge in [-0.2, -0.15) is 0 Å². The molecule has 0 spiro atoms. The van der Waals surface area contributed by atoms with Gasteiger partial charge in [-0.05, 0) is 61.2 Å². The van der Waals surface area contributed by atoms with E-state index in [1.165, 1.54) is 0 Å². The number of primary amides is 1. The molecule has 39 heavy (non-hydrogen) atoms. The summed E-state index contributed by atoms with van der Waals surface area (Å²) in [5.74, 6) is -0.851. The topological polar surface area (TPSA) is 137 Å². The van der Waals surface area contributed by atoms with Gasteiger partial charge in [0.05, 0.1) is 24.4 Å². The highest BCUT2D eigenvalue weighted by atomic mass is 19.1. The number of halogens is 2. The highest BCUT2D eigenvalue weighted by Crippen LogP contribution is 2.35. The standard InChI is InChI=1S/C28H36F2N6O3/c1-17(31)26(37)34-20-8-5-7-18(13-20)15-36-16-23(21-14-19(29)9-10-22(21)30)35-25(36)24(28(2,3)4)33-11-6-12-39-27(32)38/h5,7-10,13-14,16-17,24,33H,6,11-12,15,31H2,1-4H3,(H2,32,38)(H,34,37)/t17-,24-/m0/s1. The van der Waals surface area contributed by atoms with E-state index in [9.17, 15) is 18.4 Å². The maximum atomic E-state index is 14.7. The first-order chi connectivity index (χ1) is 18.3. The predicted octanol–water partition coefficient (Wildman–Crippen LogP) is 4.32. The Balaban J connectivity index is 1.99. The number of rotatable bonds is 11. The minimum atomic E-state index is -0.834. The first kappa shape index (κ1) is 29.7. The summed E-state index contributed by atoms with van der Waals surface area (Å²) < 4.78 is 35.5. The summed E-state index contributed by atoms with van der Waals surface area (Å²) in [4.78, 5) is 27.7. The Morgan fingerprint density at radius 1 is 1.15 bits per heavy atom. The van der Waals surface area contributed by atoms with Crippen LogP contribution < -0.4 is 22.1 Å². The lowest BCUT2D eigenvalue weighted by Gasteiger charge is -2.31. The first-order valence-corrected chi connectivity index (χ1v) is 12.7. The molecule has 0 radical (unpaired) electrons. The number of amides is 2. The summed E-state index contributed by atoms with van der Waals surface area (Å²) in [6.07, 6.45) is 1.37. The van der Waals surface area contributed by atoms with Crippen LogP contribution in [-0.2, 0) is 16.1 Å². The van der Waals surface area contributed by atoms with E-state index >= 15 is 0 Å². The zero-order valence-electron chi connectivity index (χ0n) is 22.6. The van der Waals surface area contributed by atoms with Crippen LogP contribution in [0.15, 0.2) is 48.7 Å². The fraction of sp³-hybridized carbons (Fsp3) is 0.393. The van der Waals surface area contributed by atoms with Gasteiger partial charge in [0.2, 0.25) is 5.91 Å². The lowest BCUT2D eigenvalue weighted by molar-refractivity contribution is -0.117. The third-order valence-corrected chi connectivity index (χ3v) is 6.01. The van der Waals surface area contributed by atoms with Crippen LogP contribution >= 0.6 is 0 Å². The van der Waals surface area contributed by atoms with E-state index in [2.05, 4.69) is 10.6 Å². The van der Waals surface area contributed by atoms with Crippen LogP contribution in [-0.4, -0.2) is 40.7 Å². The summed E-state index contributed by atoms with van der Waals surface area (Å²) in [5.41, 5.74) is 12.2. The fourth-order valence-electron chi connectivity index (χ4n) is 4.09. The number of hydrogen-bond acceptors (Lipinski definition) is 6. The Morgan fingerprint density at radius 2 is 1.90 bits per heavy atom. The number of benzene rings is 2. The van der Waals surface area contributed by atoms with Crippen LogP contribution in [0.4, 0.5) is 19.3 Å². The molecule has 2 atom stereocenters. The van der Waals surface area contributed by atoms with Crippen molar-refractivity contribution < 1.29 is 23.1 Å². The zero-order valence-corrected chi connectivity index (χ0v) is 22.6. The zero-order chi connectivity index (χ0) is 28.7. The van der Waals surface area contributed by atoms with E-state index in [1.807, 2.05) is 43.5 Å². The minimum Gasteiger partial charge on any atom is -0.450 e. The van der Waals surface area contributed by atoms with E-state index in [0.717, 1.165) is 23.8 Å². The highest BCUT2D eigenvalue weighted by Gasteiger charge is 2.31. The highest BCUT2D eigenvalue weighted by molar-refractivity contribution is 5.94. The third-order valence-electron chi connectivity index (χ3n) is 6.01.